The molecule has 7 nitrogen and oxygen atoms in total. The quantitative estimate of drug-likeness (QED) is 0.448. The van der Waals surface area contributed by atoms with Gasteiger partial charge in [-0.25, -0.2) is 4.68 Å². The molecule has 0 aliphatic heterocycles. The highest BCUT2D eigenvalue weighted by Crippen LogP contribution is 2.25. The Morgan fingerprint density at radius 3 is 2.79 bits per heavy atom. The summed E-state index contributed by atoms with van der Waals surface area (Å²) in [5, 5.41) is 12.0. The van der Waals surface area contributed by atoms with E-state index in [-0.39, 0.29) is 17.8 Å². The zero-order valence-corrected chi connectivity index (χ0v) is 17.0. The molecular formula is C19H20ClN5O2S. The van der Waals surface area contributed by atoms with Crippen LogP contribution in [0.2, 0.25) is 5.02 Å². The van der Waals surface area contributed by atoms with Crippen molar-refractivity contribution in [3.63, 3.8) is 0 Å². The molecule has 0 atom stereocenters. The van der Waals surface area contributed by atoms with Gasteiger partial charge in [-0.3, -0.25) is 4.79 Å². The van der Waals surface area contributed by atoms with Gasteiger partial charge in [0.05, 0.1) is 11.9 Å². The van der Waals surface area contributed by atoms with Crippen LogP contribution >= 0.6 is 23.4 Å². The zero-order valence-electron chi connectivity index (χ0n) is 15.4. The number of hydrogen-bond donors (Lipinski definition) is 2. The first-order chi connectivity index (χ1) is 13.4. The first-order valence-corrected chi connectivity index (χ1v) is 9.94. The van der Waals surface area contributed by atoms with Crippen LogP contribution in [0.4, 0.5) is 5.69 Å². The van der Waals surface area contributed by atoms with Crippen LogP contribution in [0.25, 0.3) is 11.4 Å². The van der Waals surface area contributed by atoms with Gasteiger partial charge in [0.15, 0.2) is 5.82 Å². The Morgan fingerprint density at radius 2 is 2.04 bits per heavy atom. The highest BCUT2D eigenvalue weighted by molar-refractivity contribution is 7.99. The SMILES string of the molecule is CC(C)Oc1cccc(-c2nnc(SCC(=O)Nc3cccc(Cl)c3)n2N)c1. The van der Waals surface area contributed by atoms with E-state index in [4.69, 9.17) is 22.2 Å². The molecule has 1 aromatic heterocycles. The van der Waals surface area contributed by atoms with Gasteiger partial charge in [-0.05, 0) is 44.2 Å². The number of carbonyl (C=O) groups excluding carboxylic acids is 1. The summed E-state index contributed by atoms with van der Waals surface area (Å²) < 4.78 is 7.07. The van der Waals surface area contributed by atoms with Gasteiger partial charge in [-0.15, -0.1) is 10.2 Å². The molecule has 0 radical (unpaired) electrons. The number of benzene rings is 2. The van der Waals surface area contributed by atoms with Gasteiger partial charge in [0.1, 0.15) is 5.75 Å². The number of thioether (sulfide) groups is 1. The van der Waals surface area contributed by atoms with Gasteiger partial charge in [0, 0.05) is 16.3 Å². The van der Waals surface area contributed by atoms with Crippen molar-refractivity contribution >= 4 is 35.0 Å². The zero-order chi connectivity index (χ0) is 20.1. The average molecular weight is 418 g/mol. The minimum atomic E-state index is -0.191. The molecule has 1 amide bonds. The number of amides is 1. The summed E-state index contributed by atoms with van der Waals surface area (Å²) in [6, 6.07) is 14.4. The Labute approximate surface area is 172 Å². The predicted molar refractivity (Wildman–Crippen MR) is 112 cm³/mol. The molecule has 3 rings (SSSR count). The third kappa shape index (κ3) is 5.17. The average Bonchev–Trinajstić information content (AvgIpc) is 3.00. The number of nitrogens with one attached hydrogen (secondary N) is 1. The van der Waals surface area contributed by atoms with E-state index < -0.39 is 0 Å². The number of hydrogen-bond acceptors (Lipinski definition) is 6. The Bertz CT molecular complexity index is 976. The van der Waals surface area contributed by atoms with E-state index in [0.29, 0.717) is 21.7 Å². The molecule has 1 heterocycles. The molecule has 28 heavy (non-hydrogen) atoms. The van der Waals surface area contributed by atoms with Gasteiger partial charge < -0.3 is 15.9 Å². The molecule has 0 unspecified atom stereocenters. The fourth-order valence-electron chi connectivity index (χ4n) is 2.45. The van der Waals surface area contributed by atoms with Gasteiger partial charge in [-0.2, -0.15) is 0 Å². The number of anilines is 1. The number of nitrogens with zero attached hydrogens (tertiary/aromatic N) is 3. The summed E-state index contributed by atoms with van der Waals surface area (Å²) in [6.45, 7) is 3.92. The van der Waals surface area contributed by atoms with Crippen molar-refractivity contribution in [1.29, 1.82) is 0 Å². The standard InChI is InChI=1S/C19H20ClN5O2S/c1-12(2)27-16-8-3-5-13(9-16)18-23-24-19(25(18)21)28-11-17(26)22-15-7-4-6-14(20)10-15/h3-10,12H,11,21H2,1-2H3,(H,22,26). The van der Waals surface area contributed by atoms with Crippen LogP contribution in [0.15, 0.2) is 53.7 Å². The van der Waals surface area contributed by atoms with E-state index >= 15 is 0 Å². The van der Waals surface area contributed by atoms with Crippen molar-refractivity contribution in [2.45, 2.75) is 25.1 Å². The highest BCUT2D eigenvalue weighted by Gasteiger charge is 2.14. The number of aromatic nitrogens is 3. The van der Waals surface area contributed by atoms with E-state index in [1.165, 1.54) is 16.4 Å². The van der Waals surface area contributed by atoms with Crippen molar-refractivity contribution in [3.05, 3.63) is 53.6 Å². The molecule has 3 aromatic rings. The fourth-order valence-corrected chi connectivity index (χ4v) is 3.29. The number of nitrogen functional groups attached to an aromatic ring is 1. The van der Waals surface area contributed by atoms with Gasteiger partial charge in [0.2, 0.25) is 11.1 Å². The Hall–Kier alpha value is -2.71. The number of halogens is 1. The number of nitrogens with two attached hydrogens (primary N) is 1. The summed E-state index contributed by atoms with van der Waals surface area (Å²) >= 11 is 7.12. The molecule has 146 valence electrons. The molecule has 0 saturated carbocycles. The van der Waals surface area contributed by atoms with Crippen LogP contribution < -0.4 is 15.9 Å². The minimum Gasteiger partial charge on any atom is -0.491 e. The molecule has 0 fully saturated rings. The largest absolute Gasteiger partial charge is 0.491 e. The van der Waals surface area contributed by atoms with E-state index in [2.05, 4.69) is 15.5 Å². The Kier molecular flexibility index (Phi) is 6.43. The van der Waals surface area contributed by atoms with Crippen LogP contribution in [0.1, 0.15) is 13.8 Å². The maximum absolute atomic E-state index is 12.1. The van der Waals surface area contributed by atoms with Gasteiger partial charge in [-0.1, -0.05) is 41.6 Å². The minimum absolute atomic E-state index is 0.0649. The highest BCUT2D eigenvalue weighted by atomic mass is 35.5. The first kappa shape index (κ1) is 20.0. The fraction of sp³-hybridized carbons (Fsp3) is 0.211. The van der Waals surface area contributed by atoms with E-state index in [9.17, 15) is 4.79 Å². The van der Waals surface area contributed by atoms with E-state index in [1.807, 2.05) is 38.1 Å². The molecule has 3 N–H and O–H groups in total. The van der Waals surface area contributed by atoms with Crippen molar-refractivity contribution in [1.82, 2.24) is 14.9 Å². The summed E-state index contributed by atoms with van der Waals surface area (Å²) in [4.78, 5) is 12.1. The Balaban J connectivity index is 1.65. The first-order valence-electron chi connectivity index (χ1n) is 8.58. The molecule has 0 saturated heterocycles. The molecule has 9 heteroatoms. The predicted octanol–water partition coefficient (Wildman–Crippen LogP) is 3.83. The third-order valence-corrected chi connectivity index (χ3v) is 4.75. The van der Waals surface area contributed by atoms with E-state index in [1.54, 1.807) is 24.3 Å². The lowest BCUT2D eigenvalue weighted by atomic mass is 10.2. The second-order valence-corrected chi connectivity index (χ2v) is 7.60. The maximum Gasteiger partial charge on any atom is 0.234 e. The van der Waals surface area contributed by atoms with E-state index in [0.717, 1.165) is 11.3 Å². The van der Waals surface area contributed by atoms with Crippen LogP contribution in [-0.4, -0.2) is 32.6 Å². The van der Waals surface area contributed by atoms with Gasteiger partial charge in [0.25, 0.3) is 0 Å². The van der Waals surface area contributed by atoms with Gasteiger partial charge >= 0.3 is 0 Å². The van der Waals surface area contributed by atoms with Crippen LogP contribution in [0.5, 0.6) is 5.75 Å². The number of ether oxygens (including phenoxy) is 1. The smallest absolute Gasteiger partial charge is 0.234 e. The molecule has 0 spiro atoms. The van der Waals surface area contributed by atoms with Crippen molar-refractivity contribution < 1.29 is 9.53 Å². The summed E-state index contributed by atoms with van der Waals surface area (Å²) in [5.41, 5.74) is 1.42. The molecule has 0 aliphatic rings. The van der Waals surface area contributed by atoms with Crippen molar-refractivity contribution in [3.8, 4) is 17.1 Å². The number of carbonyl (C=O) groups is 1. The van der Waals surface area contributed by atoms with Crippen LogP contribution in [-0.2, 0) is 4.79 Å². The summed E-state index contributed by atoms with van der Waals surface area (Å²) in [7, 11) is 0. The third-order valence-electron chi connectivity index (χ3n) is 3.57. The molecular weight excluding hydrogens is 398 g/mol. The second-order valence-electron chi connectivity index (χ2n) is 6.22. The lowest BCUT2D eigenvalue weighted by Crippen LogP contribution is -2.16. The lowest BCUT2D eigenvalue weighted by Gasteiger charge is -2.10. The molecule has 0 bridgehead atoms. The summed E-state index contributed by atoms with van der Waals surface area (Å²) in [5.74, 6) is 7.29. The maximum atomic E-state index is 12.1. The van der Waals surface area contributed by atoms with Crippen molar-refractivity contribution in [2.24, 2.45) is 0 Å². The Morgan fingerprint density at radius 1 is 1.25 bits per heavy atom. The summed E-state index contributed by atoms with van der Waals surface area (Å²) in [6.07, 6.45) is 0.0649. The normalized spacial score (nSPS) is 10.9. The van der Waals surface area contributed by atoms with Crippen LogP contribution in [0, 0.1) is 0 Å². The second kappa shape index (κ2) is 8.99. The van der Waals surface area contributed by atoms with Crippen molar-refractivity contribution in [2.75, 3.05) is 16.9 Å². The molecule has 0 aliphatic carbocycles. The molecule has 2 aromatic carbocycles. The topological polar surface area (TPSA) is 95.1 Å². The van der Waals surface area contributed by atoms with Crippen LogP contribution in [0.3, 0.4) is 0 Å². The monoisotopic (exact) mass is 417 g/mol. The number of rotatable bonds is 7. The lowest BCUT2D eigenvalue weighted by molar-refractivity contribution is -0.113.